The van der Waals surface area contributed by atoms with Gasteiger partial charge in [-0.3, -0.25) is 0 Å². The number of rotatable bonds is 4. The van der Waals surface area contributed by atoms with Gasteiger partial charge in [0.05, 0.1) is 27.8 Å². The van der Waals surface area contributed by atoms with Crippen LogP contribution in [0.5, 0.6) is 0 Å². The maximum atomic E-state index is 11.8. The number of hydrogen-bond donors (Lipinski definition) is 2. The van der Waals surface area contributed by atoms with Crippen molar-refractivity contribution in [2.75, 3.05) is 34.4 Å². The van der Waals surface area contributed by atoms with Crippen molar-refractivity contribution in [1.82, 2.24) is 5.43 Å². The molecule has 0 atom stereocenters. The molecule has 16 heavy (non-hydrogen) atoms. The first-order valence-electron chi connectivity index (χ1n) is 4.67. The van der Waals surface area contributed by atoms with Crippen LogP contribution in [-0.4, -0.2) is 56.0 Å². The van der Waals surface area contributed by atoms with E-state index < -0.39 is 11.9 Å². The number of aliphatic hydroxyl groups excluding tert-OH is 1. The van der Waals surface area contributed by atoms with Crippen molar-refractivity contribution < 1.29 is 28.8 Å². The molecule has 7 nitrogen and oxygen atoms in total. The molecule has 1 heterocycles. The van der Waals surface area contributed by atoms with Crippen molar-refractivity contribution in [3.63, 3.8) is 0 Å². The van der Waals surface area contributed by atoms with Gasteiger partial charge in [-0.1, -0.05) is 0 Å². The molecule has 0 saturated heterocycles. The number of carbonyl (C=O) groups excluding carboxylic acids is 2. The third kappa shape index (κ3) is 2.15. The van der Waals surface area contributed by atoms with Crippen LogP contribution in [0.1, 0.15) is 0 Å². The van der Waals surface area contributed by atoms with Gasteiger partial charge in [-0.15, -0.1) is 0 Å². The minimum atomic E-state index is -0.755. The average Bonchev–Trinajstić information content (AvgIpc) is 2.46. The molecule has 0 aromatic carbocycles. The summed E-state index contributed by atoms with van der Waals surface area (Å²) in [5.74, 6) is -1.16. The predicted octanol–water partition coefficient (Wildman–Crippen LogP) is -1.50. The number of ether oxygens (including phenoxy) is 2. The van der Waals surface area contributed by atoms with E-state index in [1.165, 1.54) is 7.11 Å². The first-order valence-corrected chi connectivity index (χ1v) is 4.67. The van der Waals surface area contributed by atoms with E-state index in [1.807, 2.05) is 0 Å². The van der Waals surface area contributed by atoms with Crippen LogP contribution in [0, 0.1) is 0 Å². The fourth-order valence-electron chi connectivity index (χ4n) is 1.27. The molecular weight excluding hydrogens is 216 g/mol. The normalized spacial score (nSPS) is 18.4. The first kappa shape index (κ1) is 12.5. The highest BCUT2D eigenvalue weighted by atomic mass is 16.5. The molecule has 0 unspecified atom stereocenters. The number of nitrogens with zero attached hydrogens (tertiary/aromatic N) is 1. The zero-order valence-electron chi connectivity index (χ0n) is 9.44. The Hall–Kier alpha value is -1.60. The van der Waals surface area contributed by atoms with Gasteiger partial charge in [-0.2, -0.15) is 10.0 Å². The SMILES string of the molecule is COC(=O)C1=C(OCCO)N[N+](C)(C)C1=O. The first-order chi connectivity index (χ1) is 7.44. The summed E-state index contributed by atoms with van der Waals surface area (Å²) in [6, 6.07) is 0. The van der Waals surface area contributed by atoms with Crippen LogP contribution < -0.4 is 5.43 Å². The third-order valence-electron chi connectivity index (χ3n) is 2.06. The summed E-state index contributed by atoms with van der Waals surface area (Å²) in [4.78, 5) is 23.2. The van der Waals surface area contributed by atoms with E-state index >= 15 is 0 Å². The van der Waals surface area contributed by atoms with E-state index in [1.54, 1.807) is 14.1 Å². The summed E-state index contributed by atoms with van der Waals surface area (Å²) >= 11 is 0. The number of hydrogen-bond acceptors (Lipinski definition) is 6. The van der Waals surface area contributed by atoms with E-state index in [-0.39, 0.29) is 29.3 Å². The van der Waals surface area contributed by atoms with Crippen molar-refractivity contribution in [3.8, 4) is 0 Å². The minimum absolute atomic E-state index is 0.00386. The van der Waals surface area contributed by atoms with Gasteiger partial charge in [0.1, 0.15) is 6.61 Å². The Kier molecular flexibility index (Phi) is 3.51. The van der Waals surface area contributed by atoms with Gasteiger partial charge < -0.3 is 14.6 Å². The molecule has 0 aromatic heterocycles. The minimum Gasteiger partial charge on any atom is -0.473 e. The van der Waals surface area contributed by atoms with Crippen LogP contribution in [0.2, 0.25) is 0 Å². The standard InChI is InChI=1S/C9H14N2O5/c1-11(2)8(13)6(9(14)15-3)7(10-11)16-5-4-12/h12H,4-5H2,1-3H3/p+1. The van der Waals surface area contributed by atoms with Crippen molar-refractivity contribution in [2.45, 2.75) is 0 Å². The summed E-state index contributed by atoms with van der Waals surface area (Å²) in [5, 5.41) is 8.62. The maximum Gasteiger partial charge on any atom is 0.382 e. The van der Waals surface area contributed by atoms with Gasteiger partial charge in [-0.05, 0) is 0 Å². The molecule has 0 aliphatic carbocycles. The molecule has 1 aliphatic rings. The second kappa shape index (κ2) is 4.50. The van der Waals surface area contributed by atoms with Crippen molar-refractivity contribution in [2.24, 2.45) is 0 Å². The summed E-state index contributed by atoms with van der Waals surface area (Å²) < 4.78 is 9.34. The Morgan fingerprint density at radius 3 is 2.62 bits per heavy atom. The molecule has 0 spiro atoms. The summed E-state index contributed by atoms with van der Waals surface area (Å²) in [7, 11) is 4.33. The highest BCUT2D eigenvalue weighted by Gasteiger charge is 2.46. The molecule has 90 valence electrons. The molecule has 0 fully saturated rings. The third-order valence-corrected chi connectivity index (χ3v) is 2.06. The smallest absolute Gasteiger partial charge is 0.382 e. The van der Waals surface area contributed by atoms with Gasteiger partial charge in [0.15, 0.2) is 0 Å². The topological polar surface area (TPSA) is 84.9 Å². The highest BCUT2D eigenvalue weighted by molar-refractivity contribution is 6.14. The second-order valence-corrected chi connectivity index (χ2v) is 3.64. The monoisotopic (exact) mass is 231 g/mol. The molecule has 1 amide bonds. The van der Waals surface area contributed by atoms with Gasteiger partial charge in [0.2, 0.25) is 5.57 Å². The number of amides is 1. The van der Waals surface area contributed by atoms with Crippen molar-refractivity contribution in [1.29, 1.82) is 0 Å². The molecule has 0 bridgehead atoms. The number of quaternary nitrogens is 1. The van der Waals surface area contributed by atoms with Gasteiger partial charge >= 0.3 is 11.9 Å². The van der Waals surface area contributed by atoms with Crippen LogP contribution in [0.25, 0.3) is 0 Å². The molecule has 0 saturated carbocycles. The van der Waals surface area contributed by atoms with Crippen molar-refractivity contribution >= 4 is 11.9 Å². The Morgan fingerprint density at radius 2 is 2.12 bits per heavy atom. The lowest BCUT2D eigenvalue weighted by molar-refractivity contribution is -0.850. The number of aliphatic hydroxyl groups is 1. The van der Waals surface area contributed by atoms with Gasteiger partial charge in [-0.25, -0.2) is 9.59 Å². The maximum absolute atomic E-state index is 11.8. The summed E-state index contributed by atoms with van der Waals surface area (Å²) in [6.07, 6.45) is 0. The second-order valence-electron chi connectivity index (χ2n) is 3.64. The number of likely N-dealkylation sites (N-methyl/N-ethyl adjacent to an activating group) is 1. The Morgan fingerprint density at radius 1 is 1.50 bits per heavy atom. The molecule has 1 aliphatic heterocycles. The number of esters is 1. The number of nitrogens with one attached hydrogen (secondary N) is 1. The number of carbonyl (C=O) groups is 2. The Labute approximate surface area is 92.8 Å². The molecule has 0 radical (unpaired) electrons. The zero-order valence-corrected chi connectivity index (χ0v) is 9.44. The Bertz CT molecular complexity index is 348. The Balaban J connectivity index is 2.99. The summed E-state index contributed by atoms with van der Waals surface area (Å²) in [6.45, 7) is -0.211. The van der Waals surface area contributed by atoms with Crippen LogP contribution in [0.3, 0.4) is 0 Å². The van der Waals surface area contributed by atoms with E-state index in [9.17, 15) is 9.59 Å². The predicted molar refractivity (Wildman–Crippen MR) is 52.3 cm³/mol. The fourth-order valence-corrected chi connectivity index (χ4v) is 1.27. The van der Waals surface area contributed by atoms with E-state index in [0.29, 0.717) is 0 Å². The van der Waals surface area contributed by atoms with Gasteiger partial charge in [0.25, 0.3) is 5.88 Å². The highest BCUT2D eigenvalue weighted by Crippen LogP contribution is 2.20. The molecule has 2 N–H and O–H groups in total. The zero-order chi connectivity index (χ0) is 12.3. The van der Waals surface area contributed by atoms with E-state index in [0.717, 1.165) is 0 Å². The van der Waals surface area contributed by atoms with Gasteiger partial charge in [0, 0.05) is 0 Å². The number of methoxy groups -OCH3 is 1. The summed E-state index contributed by atoms with van der Waals surface area (Å²) in [5.41, 5.74) is 2.55. The van der Waals surface area contributed by atoms with Crippen molar-refractivity contribution in [3.05, 3.63) is 11.5 Å². The van der Waals surface area contributed by atoms with E-state index in [4.69, 9.17) is 9.84 Å². The molecule has 1 rings (SSSR count). The quantitative estimate of drug-likeness (QED) is 0.348. The van der Waals surface area contributed by atoms with Crippen LogP contribution in [-0.2, 0) is 19.1 Å². The lowest BCUT2D eigenvalue weighted by Crippen LogP contribution is -2.51. The lowest BCUT2D eigenvalue weighted by Gasteiger charge is -2.20. The molecule has 7 heteroatoms. The fraction of sp³-hybridized carbons (Fsp3) is 0.556. The largest absolute Gasteiger partial charge is 0.473 e. The van der Waals surface area contributed by atoms with E-state index in [2.05, 4.69) is 10.2 Å². The molecular formula is C9H15N2O5+. The average molecular weight is 231 g/mol. The van der Waals surface area contributed by atoms with Crippen LogP contribution in [0.15, 0.2) is 11.5 Å². The van der Waals surface area contributed by atoms with Crippen LogP contribution in [0.4, 0.5) is 0 Å². The molecule has 0 aromatic rings. The lowest BCUT2D eigenvalue weighted by atomic mass is 10.2. The van der Waals surface area contributed by atoms with Crippen LogP contribution >= 0.6 is 0 Å².